The molecule has 3 aromatic rings. The Hall–Kier alpha value is -3.83. The summed E-state index contributed by atoms with van der Waals surface area (Å²) in [5.74, 6) is -1.97. The molecule has 1 amide bonds. The normalized spacial score (nSPS) is 21.2. The topological polar surface area (TPSA) is 87.0 Å². The van der Waals surface area contributed by atoms with Gasteiger partial charge in [0.15, 0.2) is 11.6 Å². The summed E-state index contributed by atoms with van der Waals surface area (Å²) in [6, 6.07) is 7.79. The van der Waals surface area contributed by atoms with Crippen molar-refractivity contribution in [2.24, 2.45) is 5.10 Å². The molecule has 0 aliphatic carbocycles. The van der Waals surface area contributed by atoms with Crippen molar-refractivity contribution in [1.29, 1.82) is 0 Å². The number of amides is 1. The third-order valence-corrected chi connectivity index (χ3v) is 7.12. The molecule has 3 aliphatic heterocycles. The van der Waals surface area contributed by atoms with E-state index in [1.54, 1.807) is 12.2 Å². The minimum atomic E-state index is -0.745. The summed E-state index contributed by atoms with van der Waals surface area (Å²) < 4.78 is 36.7. The highest BCUT2D eigenvalue weighted by Crippen LogP contribution is 2.38. The second kappa shape index (κ2) is 9.80. The molecule has 2 saturated heterocycles. The van der Waals surface area contributed by atoms with Crippen molar-refractivity contribution in [3.8, 4) is 0 Å². The van der Waals surface area contributed by atoms with Crippen LogP contribution < -0.4 is 20.5 Å². The van der Waals surface area contributed by atoms with Gasteiger partial charge in [0.1, 0.15) is 11.4 Å². The molecule has 4 heterocycles. The Kier molecular flexibility index (Phi) is 6.32. The standard InChI is InChI=1S/C27H29F2N7O2/c1-16(2)36-23-9-8-20(25(17(23)13-31-36)34-14-22-24(15-34)38-12-10-30-22)32-27(37)21-7-4-11-35(33-21)26-18(28)5-3-6-19(26)29/h3-9,13,16,22,24,30H,10-12,14-15H2,1-2H3,(H,32,37)/t22-,24-/m0/s1. The zero-order valence-corrected chi connectivity index (χ0v) is 21.2. The quantitative estimate of drug-likeness (QED) is 0.535. The van der Waals surface area contributed by atoms with Crippen molar-refractivity contribution < 1.29 is 18.3 Å². The number of hydrazone groups is 1. The van der Waals surface area contributed by atoms with E-state index in [-0.39, 0.29) is 36.1 Å². The van der Waals surface area contributed by atoms with Gasteiger partial charge in [-0.3, -0.25) is 14.5 Å². The van der Waals surface area contributed by atoms with Gasteiger partial charge in [0.2, 0.25) is 0 Å². The number of benzene rings is 2. The number of rotatable bonds is 5. The highest BCUT2D eigenvalue weighted by molar-refractivity contribution is 6.47. The molecule has 2 atom stereocenters. The van der Waals surface area contributed by atoms with Crippen molar-refractivity contribution in [2.75, 3.05) is 48.0 Å². The van der Waals surface area contributed by atoms with Gasteiger partial charge in [-0.25, -0.2) is 8.78 Å². The van der Waals surface area contributed by atoms with E-state index in [0.29, 0.717) is 18.8 Å². The second-order valence-corrected chi connectivity index (χ2v) is 9.95. The van der Waals surface area contributed by atoms with E-state index in [4.69, 9.17) is 4.74 Å². The lowest BCUT2D eigenvalue weighted by molar-refractivity contribution is -0.110. The smallest absolute Gasteiger partial charge is 0.276 e. The van der Waals surface area contributed by atoms with Gasteiger partial charge in [-0.2, -0.15) is 10.2 Å². The Labute approximate surface area is 218 Å². The zero-order valence-electron chi connectivity index (χ0n) is 21.2. The van der Waals surface area contributed by atoms with Crippen LogP contribution in [0.1, 0.15) is 19.9 Å². The Morgan fingerprint density at radius 2 is 1.97 bits per heavy atom. The minimum absolute atomic E-state index is 0.0444. The molecule has 0 unspecified atom stereocenters. The molecule has 0 bridgehead atoms. The van der Waals surface area contributed by atoms with E-state index in [0.717, 1.165) is 46.8 Å². The summed E-state index contributed by atoms with van der Waals surface area (Å²) in [6.45, 7) is 7.15. The number of aromatic nitrogens is 2. The number of carbonyl (C=O) groups is 1. The van der Waals surface area contributed by atoms with Crippen molar-refractivity contribution in [1.82, 2.24) is 15.1 Å². The SMILES string of the molecule is CC(C)n1ncc2c(N3C[C@@H]4NCCO[C@H]4C3)c(NC(=O)C3=NN(c4c(F)cccc4F)CC=C3)ccc21. The van der Waals surface area contributed by atoms with Crippen LogP contribution in [-0.2, 0) is 9.53 Å². The zero-order chi connectivity index (χ0) is 26.4. The average molecular weight is 522 g/mol. The number of hydrogen-bond acceptors (Lipinski definition) is 7. The second-order valence-electron chi connectivity index (χ2n) is 9.95. The van der Waals surface area contributed by atoms with Gasteiger partial charge in [0.05, 0.1) is 48.4 Å². The van der Waals surface area contributed by atoms with Crippen molar-refractivity contribution in [2.45, 2.75) is 32.0 Å². The predicted molar refractivity (Wildman–Crippen MR) is 143 cm³/mol. The molecular weight excluding hydrogens is 492 g/mol. The highest BCUT2D eigenvalue weighted by Gasteiger charge is 2.37. The maximum Gasteiger partial charge on any atom is 0.276 e. The molecule has 2 fully saturated rings. The van der Waals surface area contributed by atoms with Crippen LogP contribution >= 0.6 is 0 Å². The van der Waals surface area contributed by atoms with E-state index >= 15 is 0 Å². The van der Waals surface area contributed by atoms with E-state index in [1.165, 1.54) is 6.07 Å². The van der Waals surface area contributed by atoms with Gasteiger partial charge in [0.25, 0.3) is 5.91 Å². The summed E-state index contributed by atoms with van der Waals surface area (Å²) in [4.78, 5) is 15.6. The lowest BCUT2D eigenvalue weighted by Gasteiger charge is -2.25. The first-order valence-corrected chi connectivity index (χ1v) is 12.8. The lowest BCUT2D eigenvalue weighted by Crippen LogP contribution is -2.47. The summed E-state index contributed by atoms with van der Waals surface area (Å²) in [5, 5.41) is 17.5. The van der Waals surface area contributed by atoms with Crippen LogP contribution in [0.2, 0.25) is 0 Å². The minimum Gasteiger partial charge on any atom is -0.373 e. The van der Waals surface area contributed by atoms with Crippen molar-refractivity contribution in [3.05, 3.63) is 60.3 Å². The van der Waals surface area contributed by atoms with E-state index in [9.17, 15) is 13.6 Å². The van der Waals surface area contributed by atoms with Crippen molar-refractivity contribution in [3.63, 3.8) is 0 Å². The highest BCUT2D eigenvalue weighted by atomic mass is 19.1. The molecule has 9 nitrogen and oxygen atoms in total. The van der Waals surface area contributed by atoms with Crippen molar-refractivity contribution >= 4 is 39.6 Å². The van der Waals surface area contributed by atoms with E-state index < -0.39 is 17.5 Å². The fraction of sp³-hybridized carbons (Fsp3) is 0.370. The van der Waals surface area contributed by atoms with Crippen LogP contribution in [0, 0.1) is 11.6 Å². The largest absolute Gasteiger partial charge is 0.373 e. The molecule has 1 aromatic heterocycles. The number of ether oxygens (including phenoxy) is 1. The molecule has 198 valence electrons. The summed E-state index contributed by atoms with van der Waals surface area (Å²) in [5.41, 5.74) is 2.18. The lowest BCUT2D eigenvalue weighted by atomic mass is 10.1. The third kappa shape index (κ3) is 4.31. The number of hydrogen-bond donors (Lipinski definition) is 2. The number of para-hydroxylation sites is 1. The number of nitrogens with one attached hydrogen (secondary N) is 2. The number of carbonyl (C=O) groups excluding carboxylic acids is 1. The van der Waals surface area contributed by atoms with Crippen LogP contribution in [-0.4, -0.2) is 66.3 Å². The molecule has 2 N–H and O–H groups in total. The van der Waals surface area contributed by atoms with E-state index in [1.807, 2.05) is 23.0 Å². The van der Waals surface area contributed by atoms with Crippen LogP contribution in [0.5, 0.6) is 0 Å². The monoisotopic (exact) mass is 521 g/mol. The van der Waals surface area contributed by atoms with Crippen LogP contribution in [0.15, 0.2) is 53.8 Å². The average Bonchev–Trinajstić information content (AvgIpc) is 3.53. The summed E-state index contributed by atoms with van der Waals surface area (Å²) in [6.07, 6.45) is 5.09. The molecule has 38 heavy (non-hydrogen) atoms. The van der Waals surface area contributed by atoms with Crippen LogP contribution in [0.3, 0.4) is 0 Å². The first kappa shape index (κ1) is 24.5. The van der Waals surface area contributed by atoms with Gasteiger partial charge in [-0.15, -0.1) is 0 Å². The fourth-order valence-electron chi connectivity index (χ4n) is 5.39. The summed E-state index contributed by atoms with van der Waals surface area (Å²) in [7, 11) is 0. The Balaban J connectivity index is 1.35. The fourth-order valence-corrected chi connectivity index (χ4v) is 5.39. The third-order valence-electron chi connectivity index (χ3n) is 7.12. The predicted octanol–water partition coefficient (Wildman–Crippen LogP) is 3.44. The molecule has 2 aromatic carbocycles. The first-order chi connectivity index (χ1) is 18.4. The Bertz CT molecular complexity index is 1420. The number of fused-ring (bicyclic) bond motifs is 2. The Morgan fingerprint density at radius 3 is 2.74 bits per heavy atom. The van der Waals surface area contributed by atoms with Gasteiger partial charge in [-0.05, 0) is 44.2 Å². The Morgan fingerprint density at radius 1 is 1.16 bits per heavy atom. The molecule has 0 radical (unpaired) electrons. The molecule has 3 aliphatic rings. The maximum atomic E-state index is 14.4. The summed E-state index contributed by atoms with van der Waals surface area (Å²) >= 11 is 0. The molecule has 11 heteroatoms. The van der Waals surface area contributed by atoms with Gasteiger partial charge < -0.3 is 20.3 Å². The number of halogens is 2. The van der Waals surface area contributed by atoms with Gasteiger partial charge in [0, 0.05) is 31.1 Å². The number of morpholine rings is 1. The maximum absolute atomic E-state index is 14.4. The molecule has 0 spiro atoms. The first-order valence-electron chi connectivity index (χ1n) is 12.8. The van der Waals surface area contributed by atoms with Crippen LogP contribution in [0.25, 0.3) is 10.9 Å². The molecule has 0 saturated carbocycles. The number of anilines is 3. The molecule has 6 rings (SSSR count). The number of nitrogens with zero attached hydrogens (tertiary/aromatic N) is 5. The van der Waals surface area contributed by atoms with Gasteiger partial charge >= 0.3 is 0 Å². The van der Waals surface area contributed by atoms with Crippen LogP contribution in [0.4, 0.5) is 25.8 Å². The van der Waals surface area contributed by atoms with Gasteiger partial charge in [-0.1, -0.05) is 12.1 Å². The van der Waals surface area contributed by atoms with E-state index in [2.05, 4.69) is 39.6 Å². The molecular formula is C27H29F2N7O2.